The lowest BCUT2D eigenvalue weighted by molar-refractivity contribution is -0.297. The molecule has 0 aliphatic carbocycles. The lowest BCUT2D eigenvalue weighted by Crippen LogP contribution is -2.60. The monoisotopic (exact) mass is 833 g/mol. The third kappa shape index (κ3) is 29.9. The third-order valence-electron chi connectivity index (χ3n) is 10.3. The number of hydrogen-bond donors (Lipinski definition) is 4. The second-order valence-electron chi connectivity index (χ2n) is 15.7. The maximum absolute atomic E-state index is 12.8. The average molecular weight is 833 g/mol. The first-order valence-electron chi connectivity index (χ1n) is 22.4. The highest BCUT2D eigenvalue weighted by molar-refractivity contribution is 7.85. The van der Waals surface area contributed by atoms with E-state index < -0.39 is 71.2 Å². The van der Waals surface area contributed by atoms with Gasteiger partial charge >= 0.3 is 11.9 Å². The van der Waals surface area contributed by atoms with E-state index in [0.717, 1.165) is 64.2 Å². The van der Waals surface area contributed by atoms with E-state index in [1.165, 1.54) is 83.5 Å². The van der Waals surface area contributed by atoms with Crippen LogP contribution in [0.25, 0.3) is 0 Å². The van der Waals surface area contributed by atoms with Gasteiger partial charge in [-0.1, -0.05) is 134 Å². The van der Waals surface area contributed by atoms with Crippen LogP contribution in [0.1, 0.15) is 187 Å². The van der Waals surface area contributed by atoms with E-state index in [0.29, 0.717) is 12.8 Å². The van der Waals surface area contributed by atoms with Crippen LogP contribution in [0.2, 0.25) is 0 Å². The van der Waals surface area contributed by atoms with Crippen molar-refractivity contribution in [1.29, 1.82) is 0 Å². The first-order chi connectivity index (χ1) is 27.5. The van der Waals surface area contributed by atoms with Gasteiger partial charge in [0.15, 0.2) is 12.4 Å². The fourth-order valence-corrected chi connectivity index (χ4v) is 7.42. The van der Waals surface area contributed by atoms with Crippen molar-refractivity contribution in [3.63, 3.8) is 0 Å². The molecule has 1 aliphatic heterocycles. The van der Waals surface area contributed by atoms with Crippen molar-refractivity contribution in [3.8, 4) is 0 Å². The van der Waals surface area contributed by atoms with Gasteiger partial charge in [0, 0.05) is 12.8 Å². The normalized spacial score (nSPS) is 20.7. The summed E-state index contributed by atoms with van der Waals surface area (Å²) in [5.41, 5.74) is 0. The summed E-state index contributed by atoms with van der Waals surface area (Å²) in [6.45, 7) is 3.73. The molecule has 2 unspecified atom stereocenters. The molecular formula is C44H80O12S. The van der Waals surface area contributed by atoms with Crippen LogP contribution in [-0.4, -0.2) is 96.0 Å². The first kappa shape index (κ1) is 53.1. The lowest BCUT2D eigenvalue weighted by atomic mass is 10.00. The number of hydrogen-bond acceptors (Lipinski definition) is 11. The average Bonchev–Trinajstić information content (AvgIpc) is 3.17. The zero-order valence-corrected chi connectivity index (χ0v) is 36.3. The van der Waals surface area contributed by atoms with Gasteiger partial charge in [-0.05, 0) is 64.2 Å². The van der Waals surface area contributed by atoms with Crippen molar-refractivity contribution in [2.24, 2.45) is 0 Å². The Bertz CT molecular complexity index is 1160. The number of unbranched alkanes of at least 4 members (excludes halogenated alkanes) is 21. The minimum Gasteiger partial charge on any atom is -0.462 e. The van der Waals surface area contributed by atoms with Crippen molar-refractivity contribution in [2.45, 2.75) is 224 Å². The van der Waals surface area contributed by atoms with Crippen LogP contribution in [-0.2, 0) is 38.7 Å². The quantitative estimate of drug-likeness (QED) is 0.0202. The molecule has 0 aromatic heterocycles. The molecule has 1 rings (SSSR count). The van der Waals surface area contributed by atoms with Crippen LogP contribution >= 0.6 is 0 Å². The number of aliphatic hydroxyl groups excluding tert-OH is 3. The number of esters is 2. The minimum absolute atomic E-state index is 0.144. The summed E-state index contributed by atoms with van der Waals surface area (Å²) in [5, 5.41) is 30.8. The molecule has 0 aromatic carbocycles. The Hall–Kier alpha value is -1.87. The number of ether oxygens (including phenoxy) is 4. The van der Waals surface area contributed by atoms with Crippen molar-refractivity contribution in [2.75, 3.05) is 19.0 Å². The Balaban J connectivity index is 2.47. The van der Waals surface area contributed by atoms with Gasteiger partial charge in [-0.25, -0.2) is 0 Å². The van der Waals surface area contributed by atoms with E-state index in [-0.39, 0.29) is 19.4 Å². The molecule has 57 heavy (non-hydrogen) atoms. The smallest absolute Gasteiger partial charge is 0.306 e. The van der Waals surface area contributed by atoms with Gasteiger partial charge in [-0.2, -0.15) is 8.42 Å². The van der Waals surface area contributed by atoms with Gasteiger partial charge in [0.05, 0.1) is 6.61 Å². The molecule has 6 atom stereocenters. The van der Waals surface area contributed by atoms with Crippen LogP contribution in [0.4, 0.5) is 0 Å². The maximum Gasteiger partial charge on any atom is 0.306 e. The standard InChI is InChI=1S/C44H80O12S/c1-3-5-7-9-11-13-15-17-19-21-23-25-27-29-31-33-40(46)55-37(35-54-44-43(49)42(48)41(47)38(56-44)36-57(50,51)52)34-53-39(45)32-30-28-26-24-22-20-18-16-14-12-10-8-6-4-2/h16,18,21,23,37-38,41-44,47-49H,3-15,17,19-20,22,24-36H2,1-2H3,(H,50,51,52)/b18-16+,23-21+/t37-,38-,41-,42?,43?,44+/m1/s1. The number of rotatable bonds is 37. The molecule has 0 saturated carbocycles. The first-order valence-corrected chi connectivity index (χ1v) is 24.0. The van der Waals surface area contributed by atoms with Gasteiger partial charge in [-0.3, -0.25) is 14.1 Å². The second kappa shape index (κ2) is 34.9. The molecule has 0 spiro atoms. The highest BCUT2D eigenvalue weighted by Crippen LogP contribution is 2.24. The molecule has 0 amide bonds. The summed E-state index contributed by atoms with van der Waals surface area (Å²) in [4.78, 5) is 25.4. The number of allylic oxidation sites excluding steroid dienone is 4. The fraction of sp³-hybridized carbons (Fsp3) is 0.864. The van der Waals surface area contributed by atoms with E-state index in [9.17, 15) is 37.9 Å². The van der Waals surface area contributed by atoms with E-state index >= 15 is 0 Å². The zero-order chi connectivity index (χ0) is 42.0. The fourth-order valence-electron chi connectivity index (χ4n) is 6.72. The van der Waals surface area contributed by atoms with Crippen molar-refractivity contribution in [1.82, 2.24) is 0 Å². The predicted molar refractivity (Wildman–Crippen MR) is 224 cm³/mol. The molecule has 12 nitrogen and oxygen atoms in total. The molecular weight excluding hydrogens is 753 g/mol. The number of carbonyl (C=O) groups is 2. The van der Waals surface area contributed by atoms with Crippen molar-refractivity contribution < 1.29 is 56.8 Å². The molecule has 1 heterocycles. The van der Waals surface area contributed by atoms with Crippen LogP contribution in [0.5, 0.6) is 0 Å². The Kier molecular flexibility index (Phi) is 32.6. The molecule has 1 fully saturated rings. The maximum atomic E-state index is 12.8. The van der Waals surface area contributed by atoms with Gasteiger partial charge in [0.25, 0.3) is 10.1 Å². The summed E-state index contributed by atoms with van der Waals surface area (Å²) in [7, 11) is -4.60. The second-order valence-corrected chi connectivity index (χ2v) is 17.2. The highest BCUT2D eigenvalue weighted by Gasteiger charge is 2.46. The van der Waals surface area contributed by atoms with Crippen molar-refractivity contribution >= 4 is 22.1 Å². The van der Waals surface area contributed by atoms with Crippen LogP contribution in [0.3, 0.4) is 0 Å². The minimum atomic E-state index is -4.60. The largest absolute Gasteiger partial charge is 0.462 e. The van der Waals surface area contributed by atoms with Gasteiger partial charge in [0.1, 0.15) is 36.8 Å². The molecule has 1 saturated heterocycles. The third-order valence-corrected chi connectivity index (χ3v) is 11.0. The van der Waals surface area contributed by atoms with Crippen LogP contribution in [0.15, 0.2) is 24.3 Å². The Morgan fingerprint density at radius 1 is 0.579 bits per heavy atom. The Labute approximate surface area is 345 Å². The number of carbonyl (C=O) groups excluding carboxylic acids is 2. The molecule has 4 N–H and O–H groups in total. The SMILES string of the molecule is CCCCCCC/C=C/CCCCCCCC(=O)OC[C@H](CO[C@H]1O[C@H](CS(=O)(=O)O)[C@@H](O)C(O)C1O)OC(=O)CCCCC/C=C/CCCCCCCCCC. The predicted octanol–water partition coefficient (Wildman–Crippen LogP) is 8.84. The summed E-state index contributed by atoms with van der Waals surface area (Å²) in [5.74, 6) is -2.01. The summed E-state index contributed by atoms with van der Waals surface area (Å²) < 4.78 is 54.0. The molecule has 13 heteroatoms. The summed E-state index contributed by atoms with van der Waals surface area (Å²) >= 11 is 0. The Morgan fingerprint density at radius 2 is 1.00 bits per heavy atom. The lowest BCUT2D eigenvalue weighted by Gasteiger charge is -2.40. The molecule has 0 aromatic rings. The van der Waals surface area contributed by atoms with Crippen LogP contribution < -0.4 is 0 Å². The van der Waals surface area contributed by atoms with E-state index in [1.54, 1.807) is 0 Å². The summed E-state index contributed by atoms with van der Waals surface area (Å²) in [6, 6.07) is 0. The van der Waals surface area contributed by atoms with E-state index in [1.807, 2.05) is 0 Å². The van der Waals surface area contributed by atoms with E-state index in [4.69, 9.17) is 18.9 Å². The topological polar surface area (TPSA) is 186 Å². The Morgan fingerprint density at radius 3 is 1.47 bits per heavy atom. The number of aliphatic hydroxyl groups is 3. The highest BCUT2D eigenvalue weighted by atomic mass is 32.2. The molecule has 0 radical (unpaired) electrons. The van der Waals surface area contributed by atoms with E-state index in [2.05, 4.69) is 38.2 Å². The molecule has 1 aliphatic rings. The van der Waals surface area contributed by atoms with Gasteiger partial charge in [0.2, 0.25) is 0 Å². The zero-order valence-electron chi connectivity index (χ0n) is 35.4. The van der Waals surface area contributed by atoms with Gasteiger partial charge in [-0.15, -0.1) is 0 Å². The van der Waals surface area contributed by atoms with Gasteiger partial charge < -0.3 is 34.3 Å². The van der Waals surface area contributed by atoms with Crippen molar-refractivity contribution in [3.05, 3.63) is 24.3 Å². The van der Waals surface area contributed by atoms with Crippen LogP contribution in [0, 0.1) is 0 Å². The summed E-state index contributed by atoms with van der Waals surface area (Å²) in [6.07, 6.45) is 28.0. The molecule has 334 valence electrons. The molecule has 0 bridgehead atoms.